The number of aromatic nitrogens is 1. The highest BCUT2D eigenvalue weighted by molar-refractivity contribution is 7.07. The monoisotopic (exact) mass is 239 g/mol. The van der Waals surface area contributed by atoms with Crippen molar-refractivity contribution in [3.05, 3.63) is 33.6 Å². The normalized spacial score (nSPS) is 10.3. The molecule has 0 spiro atoms. The fourth-order valence-corrected chi connectivity index (χ4v) is 2.36. The first kappa shape index (κ1) is 10.5. The Bertz CT molecular complexity index is 468. The van der Waals surface area contributed by atoms with Crippen molar-refractivity contribution in [1.29, 1.82) is 0 Å². The van der Waals surface area contributed by atoms with Crippen LogP contribution in [0.3, 0.4) is 0 Å². The minimum Gasteiger partial charge on any atom is -0.496 e. The number of hydrogen-bond acceptors (Lipinski definition) is 3. The van der Waals surface area contributed by atoms with E-state index in [4.69, 9.17) is 16.3 Å². The van der Waals surface area contributed by atoms with E-state index in [1.54, 1.807) is 24.0 Å². The lowest BCUT2D eigenvalue weighted by Gasteiger charge is -2.10. The van der Waals surface area contributed by atoms with Gasteiger partial charge in [-0.25, -0.2) is 4.98 Å². The number of aryl methyl sites for hydroxylation is 1. The van der Waals surface area contributed by atoms with Gasteiger partial charge in [-0.05, 0) is 24.6 Å². The van der Waals surface area contributed by atoms with Gasteiger partial charge >= 0.3 is 0 Å². The van der Waals surface area contributed by atoms with Crippen molar-refractivity contribution in [3.63, 3.8) is 0 Å². The molecule has 0 aliphatic heterocycles. The molecule has 15 heavy (non-hydrogen) atoms. The van der Waals surface area contributed by atoms with Gasteiger partial charge in [-0.2, -0.15) is 0 Å². The van der Waals surface area contributed by atoms with Crippen molar-refractivity contribution in [1.82, 2.24) is 4.98 Å². The van der Waals surface area contributed by atoms with Crippen LogP contribution >= 0.6 is 22.9 Å². The molecule has 0 atom stereocenters. The summed E-state index contributed by atoms with van der Waals surface area (Å²) in [6.45, 7) is 1.97. The molecule has 1 aromatic carbocycles. The molecule has 0 aliphatic rings. The maximum Gasteiger partial charge on any atom is 0.131 e. The zero-order chi connectivity index (χ0) is 10.8. The number of ether oxygens (including phenoxy) is 1. The van der Waals surface area contributed by atoms with E-state index in [2.05, 4.69) is 4.98 Å². The fourth-order valence-electron chi connectivity index (χ4n) is 1.54. The Morgan fingerprint density at radius 2 is 2.20 bits per heavy atom. The first-order valence-corrected chi connectivity index (χ1v) is 5.77. The van der Waals surface area contributed by atoms with E-state index in [1.807, 2.05) is 24.4 Å². The van der Waals surface area contributed by atoms with Gasteiger partial charge in [-0.3, -0.25) is 0 Å². The van der Waals surface area contributed by atoms with Gasteiger partial charge in [0.25, 0.3) is 0 Å². The summed E-state index contributed by atoms with van der Waals surface area (Å²) in [5.74, 6) is 0.838. The van der Waals surface area contributed by atoms with Gasteiger partial charge in [-0.15, -0.1) is 11.3 Å². The Hall–Kier alpha value is -1.06. The molecule has 1 aromatic heterocycles. The molecule has 0 saturated carbocycles. The molecule has 0 unspecified atom stereocenters. The average Bonchev–Trinajstić information content (AvgIpc) is 2.69. The van der Waals surface area contributed by atoms with Crippen molar-refractivity contribution < 1.29 is 4.74 Å². The third kappa shape index (κ3) is 1.98. The number of nitrogens with zero attached hydrogens (tertiary/aromatic N) is 1. The highest BCUT2D eigenvalue weighted by Gasteiger charge is 2.11. The molecule has 0 amide bonds. The maximum absolute atomic E-state index is 6.02. The summed E-state index contributed by atoms with van der Waals surface area (Å²) in [7, 11) is 1.66. The second kappa shape index (κ2) is 4.21. The Kier molecular flexibility index (Phi) is 2.93. The SMILES string of the molecule is COc1c(C)cc(Cl)cc1-c1cscn1. The fraction of sp³-hybridized carbons (Fsp3) is 0.182. The van der Waals surface area contributed by atoms with Gasteiger partial charge < -0.3 is 4.74 Å². The van der Waals surface area contributed by atoms with Crippen LogP contribution in [0.25, 0.3) is 11.3 Å². The second-order valence-corrected chi connectivity index (χ2v) is 4.33. The standard InChI is InChI=1S/C11H10ClNOS/c1-7-3-8(12)4-9(11(7)14-2)10-5-15-6-13-10/h3-6H,1-2H3. The van der Waals surface area contributed by atoms with Crippen LogP contribution in [-0.4, -0.2) is 12.1 Å². The quantitative estimate of drug-likeness (QED) is 0.796. The minimum absolute atomic E-state index is 0.705. The summed E-state index contributed by atoms with van der Waals surface area (Å²) < 4.78 is 5.36. The second-order valence-electron chi connectivity index (χ2n) is 3.18. The van der Waals surface area contributed by atoms with E-state index in [9.17, 15) is 0 Å². The van der Waals surface area contributed by atoms with Crippen molar-refractivity contribution >= 4 is 22.9 Å². The van der Waals surface area contributed by atoms with E-state index in [0.717, 1.165) is 22.6 Å². The Labute approximate surface area is 97.5 Å². The summed E-state index contributed by atoms with van der Waals surface area (Å²) in [5.41, 5.74) is 4.67. The first-order valence-electron chi connectivity index (χ1n) is 4.45. The van der Waals surface area contributed by atoms with Crippen molar-refractivity contribution in [2.75, 3.05) is 7.11 Å². The summed E-state index contributed by atoms with van der Waals surface area (Å²) in [6, 6.07) is 3.76. The number of thiazole rings is 1. The van der Waals surface area contributed by atoms with Crippen molar-refractivity contribution in [3.8, 4) is 17.0 Å². The van der Waals surface area contributed by atoms with Gasteiger partial charge in [0.05, 0.1) is 18.3 Å². The van der Waals surface area contributed by atoms with E-state index in [-0.39, 0.29) is 0 Å². The van der Waals surface area contributed by atoms with Crippen LogP contribution in [0.5, 0.6) is 5.75 Å². The van der Waals surface area contributed by atoms with Gasteiger partial charge in [0.1, 0.15) is 5.75 Å². The van der Waals surface area contributed by atoms with Gasteiger partial charge in [-0.1, -0.05) is 11.6 Å². The predicted molar refractivity (Wildman–Crippen MR) is 63.8 cm³/mol. The smallest absolute Gasteiger partial charge is 0.131 e. The van der Waals surface area contributed by atoms with E-state index in [0.29, 0.717) is 5.02 Å². The molecule has 2 rings (SSSR count). The molecular formula is C11H10ClNOS. The van der Waals surface area contributed by atoms with Gasteiger partial charge in [0, 0.05) is 16.0 Å². The number of rotatable bonds is 2. The molecule has 0 aliphatic carbocycles. The molecule has 78 valence electrons. The third-order valence-electron chi connectivity index (χ3n) is 2.15. The number of hydrogen-bond donors (Lipinski definition) is 0. The van der Waals surface area contributed by atoms with Gasteiger partial charge in [0.2, 0.25) is 0 Å². The van der Waals surface area contributed by atoms with Gasteiger partial charge in [0.15, 0.2) is 0 Å². The Balaban J connectivity index is 2.64. The largest absolute Gasteiger partial charge is 0.496 e. The minimum atomic E-state index is 0.705. The lowest BCUT2D eigenvalue weighted by Crippen LogP contribution is -1.91. The third-order valence-corrected chi connectivity index (χ3v) is 2.96. The lowest BCUT2D eigenvalue weighted by molar-refractivity contribution is 0.413. The van der Waals surface area contributed by atoms with Crippen LogP contribution < -0.4 is 4.74 Å². The summed E-state index contributed by atoms with van der Waals surface area (Å²) in [6.07, 6.45) is 0. The molecule has 0 fully saturated rings. The lowest BCUT2D eigenvalue weighted by atomic mass is 10.1. The number of methoxy groups -OCH3 is 1. The maximum atomic E-state index is 6.02. The molecule has 2 aromatic rings. The molecule has 0 N–H and O–H groups in total. The molecule has 0 radical (unpaired) electrons. The number of benzene rings is 1. The van der Waals surface area contributed by atoms with Crippen LogP contribution in [0.15, 0.2) is 23.0 Å². The molecule has 0 bridgehead atoms. The van der Waals surface area contributed by atoms with Crippen LogP contribution in [0.1, 0.15) is 5.56 Å². The summed E-state index contributed by atoms with van der Waals surface area (Å²) in [5, 5.41) is 2.68. The molecule has 0 saturated heterocycles. The van der Waals surface area contributed by atoms with Crippen LogP contribution in [0, 0.1) is 6.92 Å². The highest BCUT2D eigenvalue weighted by atomic mass is 35.5. The molecule has 4 heteroatoms. The number of halogens is 1. The molecular weight excluding hydrogens is 230 g/mol. The Morgan fingerprint density at radius 1 is 1.40 bits per heavy atom. The van der Waals surface area contributed by atoms with Crippen LogP contribution in [-0.2, 0) is 0 Å². The van der Waals surface area contributed by atoms with Crippen molar-refractivity contribution in [2.45, 2.75) is 6.92 Å². The van der Waals surface area contributed by atoms with E-state index in [1.165, 1.54) is 0 Å². The first-order chi connectivity index (χ1) is 7.22. The predicted octanol–water partition coefficient (Wildman–Crippen LogP) is 3.78. The summed E-state index contributed by atoms with van der Waals surface area (Å²) >= 11 is 7.57. The molecule has 1 heterocycles. The van der Waals surface area contributed by atoms with Crippen molar-refractivity contribution in [2.24, 2.45) is 0 Å². The van der Waals surface area contributed by atoms with E-state index >= 15 is 0 Å². The zero-order valence-electron chi connectivity index (χ0n) is 8.45. The molecule has 2 nitrogen and oxygen atoms in total. The van der Waals surface area contributed by atoms with Crippen LogP contribution in [0.4, 0.5) is 0 Å². The summed E-state index contributed by atoms with van der Waals surface area (Å²) in [4.78, 5) is 4.26. The topological polar surface area (TPSA) is 22.1 Å². The Morgan fingerprint density at radius 3 is 2.80 bits per heavy atom. The average molecular weight is 240 g/mol. The highest BCUT2D eigenvalue weighted by Crippen LogP contribution is 2.35. The zero-order valence-corrected chi connectivity index (χ0v) is 10.0. The van der Waals surface area contributed by atoms with E-state index < -0.39 is 0 Å². The van der Waals surface area contributed by atoms with Crippen LogP contribution in [0.2, 0.25) is 5.02 Å².